The Bertz CT molecular complexity index is 1050. The van der Waals surface area contributed by atoms with E-state index in [0.29, 0.717) is 12.0 Å². The number of fused-ring (bicyclic) bond motifs is 2. The van der Waals surface area contributed by atoms with E-state index in [9.17, 15) is 0 Å². The molecule has 3 fully saturated rings. The van der Waals surface area contributed by atoms with Crippen molar-refractivity contribution in [3.8, 4) is 5.88 Å². The van der Waals surface area contributed by atoms with Crippen LogP contribution in [0.25, 0.3) is 11.0 Å². The zero-order valence-electron chi connectivity index (χ0n) is 18.4. The maximum Gasteiger partial charge on any atom is 0.213 e. The average molecular weight is 434 g/mol. The standard InChI is InChI=1S/C25H31N5O2/c1-2-4-23-22(3-1)25(28-32-23)30-12-11-29-15-19(5-9-21(29)16-30)17-31-24-10-6-18(14-27-24)13-26-20-7-8-20/h1-4,6,10,14,19-21,26H,5,7-9,11-13,15-17H2/t19-,21+/m1/s1. The molecule has 1 saturated carbocycles. The quantitative estimate of drug-likeness (QED) is 0.612. The molecule has 32 heavy (non-hydrogen) atoms. The van der Waals surface area contributed by atoms with Gasteiger partial charge >= 0.3 is 0 Å². The Balaban J connectivity index is 0.999. The molecule has 2 saturated heterocycles. The highest BCUT2D eigenvalue weighted by atomic mass is 16.5. The van der Waals surface area contributed by atoms with Crippen LogP contribution in [0, 0.1) is 5.92 Å². The number of hydrogen-bond donors (Lipinski definition) is 1. The summed E-state index contributed by atoms with van der Waals surface area (Å²) in [5.74, 6) is 2.29. The number of para-hydroxylation sites is 1. The van der Waals surface area contributed by atoms with Crippen molar-refractivity contribution >= 4 is 16.8 Å². The van der Waals surface area contributed by atoms with E-state index in [4.69, 9.17) is 9.26 Å². The molecule has 0 unspecified atom stereocenters. The lowest BCUT2D eigenvalue weighted by atomic mass is 9.91. The van der Waals surface area contributed by atoms with Gasteiger partial charge in [0.25, 0.3) is 0 Å². The third kappa shape index (κ3) is 4.32. The third-order valence-electron chi connectivity index (χ3n) is 7.10. The van der Waals surface area contributed by atoms with Crippen LogP contribution >= 0.6 is 0 Å². The Morgan fingerprint density at radius 2 is 1.97 bits per heavy atom. The molecule has 2 aliphatic heterocycles. The van der Waals surface area contributed by atoms with Gasteiger partial charge in [-0.05, 0) is 43.4 Å². The molecule has 0 spiro atoms. The van der Waals surface area contributed by atoms with E-state index in [-0.39, 0.29) is 0 Å². The molecule has 2 atom stereocenters. The minimum absolute atomic E-state index is 0.559. The lowest BCUT2D eigenvalue weighted by molar-refractivity contribution is 0.0717. The Kier molecular flexibility index (Phi) is 5.45. The largest absolute Gasteiger partial charge is 0.477 e. The van der Waals surface area contributed by atoms with Crippen LogP contribution in [0.1, 0.15) is 31.2 Å². The van der Waals surface area contributed by atoms with E-state index in [0.717, 1.165) is 68.0 Å². The summed E-state index contributed by atoms with van der Waals surface area (Å²) in [6.07, 6.45) is 6.94. The van der Waals surface area contributed by atoms with Gasteiger partial charge in [-0.3, -0.25) is 4.90 Å². The van der Waals surface area contributed by atoms with Crippen molar-refractivity contribution in [2.75, 3.05) is 37.7 Å². The summed E-state index contributed by atoms with van der Waals surface area (Å²) in [7, 11) is 0. The molecule has 1 aliphatic carbocycles. The molecule has 1 N–H and O–H groups in total. The Labute approximate surface area is 188 Å². The summed E-state index contributed by atoms with van der Waals surface area (Å²) in [6, 6.07) is 13.6. The van der Waals surface area contributed by atoms with Gasteiger partial charge in [0.2, 0.25) is 5.88 Å². The minimum Gasteiger partial charge on any atom is -0.477 e. The number of piperazine rings is 1. The number of nitrogens with zero attached hydrogens (tertiary/aromatic N) is 4. The van der Waals surface area contributed by atoms with Gasteiger partial charge in [-0.2, -0.15) is 0 Å². The van der Waals surface area contributed by atoms with Crippen LogP contribution in [0.15, 0.2) is 47.1 Å². The highest BCUT2D eigenvalue weighted by Crippen LogP contribution is 2.31. The first-order chi connectivity index (χ1) is 15.8. The van der Waals surface area contributed by atoms with Crippen molar-refractivity contribution in [3.63, 3.8) is 0 Å². The monoisotopic (exact) mass is 433 g/mol. The number of ether oxygens (including phenoxy) is 1. The Hall–Kier alpha value is -2.64. The lowest BCUT2D eigenvalue weighted by Gasteiger charge is -2.46. The molecule has 2 aromatic heterocycles. The van der Waals surface area contributed by atoms with Crippen molar-refractivity contribution < 1.29 is 9.26 Å². The van der Waals surface area contributed by atoms with Crippen LogP contribution in [0.2, 0.25) is 0 Å². The molecule has 3 aromatic rings. The second kappa shape index (κ2) is 8.71. The van der Waals surface area contributed by atoms with Crippen LogP contribution in [0.5, 0.6) is 5.88 Å². The number of aromatic nitrogens is 2. The average Bonchev–Trinajstić information content (AvgIpc) is 3.58. The molecular weight excluding hydrogens is 402 g/mol. The Morgan fingerprint density at radius 3 is 2.84 bits per heavy atom. The number of pyridine rings is 1. The number of benzene rings is 1. The molecule has 168 valence electrons. The second-order valence-corrected chi connectivity index (χ2v) is 9.51. The molecule has 3 aliphatic rings. The first-order valence-corrected chi connectivity index (χ1v) is 12.0. The summed E-state index contributed by atoms with van der Waals surface area (Å²) in [6.45, 7) is 5.80. The van der Waals surface area contributed by atoms with Crippen LogP contribution in [0.3, 0.4) is 0 Å². The van der Waals surface area contributed by atoms with E-state index in [1.54, 1.807) is 0 Å². The number of hydrogen-bond acceptors (Lipinski definition) is 7. The Morgan fingerprint density at radius 1 is 1.03 bits per heavy atom. The van der Waals surface area contributed by atoms with Crippen molar-refractivity contribution in [1.82, 2.24) is 20.4 Å². The topological polar surface area (TPSA) is 66.7 Å². The van der Waals surface area contributed by atoms with Gasteiger partial charge in [0, 0.05) is 63.0 Å². The zero-order valence-corrected chi connectivity index (χ0v) is 18.4. The fourth-order valence-corrected chi connectivity index (χ4v) is 5.04. The van der Waals surface area contributed by atoms with Gasteiger partial charge in [0.1, 0.15) is 0 Å². The molecule has 0 bridgehead atoms. The van der Waals surface area contributed by atoms with E-state index >= 15 is 0 Å². The van der Waals surface area contributed by atoms with Crippen LogP contribution in [-0.2, 0) is 6.54 Å². The first-order valence-electron chi connectivity index (χ1n) is 12.0. The summed E-state index contributed by atoms with van der Waals surface area (Å²) in [5.41, 5.74) is 2.09. The molecular formula is C25H31N5O2. The third-order valence-corrected chi connectivity index (χ3v) is 7.10. The summed E-state index contributed by atoms with van der Waals surface area (Å²) in [4.78, 5) is 9.54. The maximum atomic E-state index is 6.06. The summed E-state index contributed by atoms with van der Waals surface area (Å²) < 4.78 is 11.6. The van der Waals surface area contributed by atoms with Gasteiger partial charge in [-0.15, -0.1) is 0 Å². The molecule has 6 rings (SSSR count). The molecule has 0 amide bonds. The van der Waals surface area contributed by atoms with Crippen LogP contribution in [-0.4, -0.2) is 59.9 Å². The minimum atomic E-state index is 0.559. The first kappa shape index (κ1) is 20.0. The highest BCUT2D eigenvalue weighted by molar-refractivity contribution is 5.88. The van der Waals surface area contributed by atoms with Gasteiger partial charge in [0.15, 0.2) is 11.4 Å². The van der Waals surface area contributed by atoms with Crippen molar-refractivity contribution in [3.05, 3.63) is 48.2 Å². The van der Waals surface area contributed by atoms with E-state index < -0.39 is 0 Å². The van der Waals surface area contributed by atoms with Crippen LogP contribution in [0.4, 0.5) is 5.82 Å². The highest BCUT2D eigenvalue weighted by Gasteiger charge is 2.34. The van der Waals surface area contributed by atoms with Crippen LogP contribution < -0.4 is 15.0 Å². The van der Waals surface area contributed by atoms with Gasteiger partial charge < -0.3 is 19.5 Å². The number of rotatable bonds is 7. The number of anilines is 1. The second-order valence-electron chi connectivity index (χ2n) is 9.51. The fourth-order valence-electron chi connectivity index (χ4n) is 5.04. The van der Waals surface area contributed by atoms with Gasteiger partial charge in [0.05, 0.1) is 12.0 Å². The van der Waals surface area contributed by atoms with Gasteiger partial charge in [-0.1, -0.05) is 23.4 Å². The predicted molar refractivity (Wildman–Crippen MR) is 124 cm³/mol. The molecule has 4 heterocycles. The molecule has 0 radical (unpaired) electrons. The van der Waals surface area contributed by atoms with Crippen molar-refractivity contribution in [2.45, 2.75) is 44.3 Å². The number of nitrogens with one attached hydrogen (secondary N) is 1. The van der Waals surface area contributed by atoms with Gasteiger partial charge in [-0.25, -0.2) is 4.98 Å². The maximum absolute atomic E-state index is 6.06. The normalized spacial score (nSPS) is 23.9. The fraction of sp³-hybridized carbons (Fsp3) is 0.520. The number of piperidine rings is 1. The van der Waals surface area contributed by atoms with E-state index in [1.165, 1.54) is 31.2 Å². The van der Waals surface area contributed by atoms with Crippen molar-refractivity contribution in [1.29, 1.82) is 0 Å². The summed E-state index contributed by atoms with van der Waals surface area (Å²) >= 11 is 0. The SMILES string of the molecule is c1ccc2c(N3CCN4C[C@H](COc5ccc(CNC6CC6)cn5)CC[C@H]4C3)noc2c1. The van der Waals surface area contributed by atoms with E-state index in [2.05, 4.69) is 43.5 Å². The molecule has 7 heteroatoms. The van der Waals surface area contributed by atoms with Crippen molar-refractivity contribution in [2.24, 2.45) is 5.92 Å². The van der Waals surface area contributed by atoms with E-state index in [1.807, 2.05) is 24.4 Å². The summed E-state index contributed by atoms with van der Waals surface area (Å²) in [5, 5.41) is 9.01. The molecule has 1 aromatic carbocycles. The smallest absolute Gasteiger partial charge is 0.213 e. The zero-order chi connectivity index (χ0) is 21.3. The molecule has 7 nitrogen and oxygen atoms in total. The predicted octanol–water partition coefficient (Wildman–Crippen LogP) is 3.45. The lowest BCUT2D eigenvalue weighted by Crippen LogP contribution is -2.57.